The first-order valence-electron chi connectivity index (χ1n) is 7.97. The van der Waals surface area contributed by atoms with Crippen LogP contribution in [0.2, 0.25) is 0 Å². The lowest BCUT2D eigenvalue weighted by Gasteiger charge is -2.16. The van der Waals surface area contributed by atoms with Gasteiger partial charge in [0, 0.05) is 29.7 Å². The summed E-state index contributed by atoms with van der Waals surface area (Å²) in [6, 6.07) is 13.4. The molecular weight excluding hydrogens is 314 g/mol. The van der Waals surface area contributed by atoms with Gasteiger partial charge in [0.25, 0.3) is 0 Å². The van der Waals surface area contributed by atoms with E-state index in [1.807, 2.05) is 36.4 Å². The molecule has 0 fully saturated rings. The number of benzene rings is 1. The number of ether oxygens (including phenoxy) is 1. The standard InChI is InChI=1S/C20H15N3O2/c24-19-11-15(23-18-12-22-10-7-17(18)19)13-25-20-4-2-1-3-16(20)14-5-8-21-9-6-14/h1-10,12H,11,13H2. The van der Waals surface area contributed by atoms with Crippen molar-refractivity contribution in [2.24, 2.45) is 4.99 Å². The number of rotatable bonds is 4. The summed E-state index contributed by atoms with van der Waals surface area (Å²) in [6.45, 7) is 0.266. The summed E-state index contributed by atoms with van der Waals surface area (Å²) in [5.74, 6) is 0.800. The van der Waals surface area contributed by atoms with Crippen LogP contribution in [0.1, 0.15) is 16.8 Å². The summed E-state index contributed by atoms with van der Waals surface area (Å²) in [4.78, 5) is 24.8. The van der Waals surface area contributed by atoms with Crippen LogP contribution in [-0.2, 0) is 0 Å². The van der Waals surface area contributed by atoms with Gasteiger partial charge in [-0.3, -0.25) is 19.8 Å². The number of carbonyl (C=O) groups is 1. The van der Waals surface area contributed by atoms with E-state index in [0.717, 1.165) is 16.9 Å². The first kappa shape index (κ1) is 15.2. The van der Waals surface area contributed by atoms with Crippen LogP contribution in [0.3, 0.4) is 0 Å². The van der Waals surface area contributed by atoms with Crippen LogP contribution in [0, 0.1) is 0 Å². The summed E-state index contributed by atoms with van der Waals surface area (Å²) in [5, 5.41) is 0. The lowest BCUT2D eigenvalue weighted by molar-refractivity contribution is 0.0998. The van der Waals surface area contributed by atoms with Gasteiger partial charge >= 0.3 is 0 Å². The van der Waals surface area contributed by atoms with E-state index in [-0.39, 0.29) is 18.8 Å². The number of aromatic nitrogens is 2. The van der Waals surface area contributed by atoms with Crippen LogP contribution in [0.15, 0.2) is 72.2 Å². The zero-order valence-corrected chi connectivity index (χ0v) is 13.4. The number of hydrogen-bond donors (Lipinski definition) is 0. The van der Waals surface area contributed by atoms with Crippen LogP contribution < -0.4 is 4.74 Å². The second-order valence-electron chi connectivity index (χ2n) is 5.69. The molecule has 1 aromatic carbocycles. The maximum Gasteiger partial charge on any atom is 0.170 e. The molecule has 0 N–H and O–H groups in total. The zero-order chi connectivity index (χ0) is 17.1. The summed E-state index contributed by atoms with van der Waals surface area (Å²) in [6.07, 6.45) is 6.99. The molecule has 122 valence electrons. The molecule has 0 amide bonds. The number of fused-ring (bicyclic) bond motifs is 1. The quantitative estimate of drug-likeness (QED) is 0.728. The molecule has 3 aromatic rings. The summed E-state index contributed by atoms with van der Waals surface area (Å²) < 4.78 is 5.97. The van der Waals surface area contributed by atoms with E-state index in [9.17, 15) is 4.79 Å². The highest BCUT2D eigenvalue weighted by Gasteiger charge is 2.20. The maximum atomic E-state index is 12.2. The second kappa shape index (κ2) is 6.65. The molecule has 1 aliphatic heterocycles. The van der Waals surface area contributed by atoms with Gasteiger partial charge < -0.3 is 4.74 Å². The van der Waals surface area contributed by atoms with Crippen molar-refractivity contribution in [3.05, 3.63) is 72.8 Å². The number of aliphatic imine (C=N–C) groups is 1. The van der Waals surface area contributed by atoms with Crippen molar-refractivity contribution in [2.45, 2.75) is 6.42 Å². The molecule has 0 unspecified atom stereocenters. The van der Waals surface area contributed by atoms with Crippen molar-refractivity contribution in [2.75, 3.05) is 6.61 Å². The molecule has 3 heterocycles. The molecule has 5 heteroatoms. The molecule has 0 radical (unpaired) electrons. The lowest BCUT2D eigenvalue weighted by atomic mass is 10.0. The van der Waals surface area contributed by atoms with Crippen molar-refractivity contribution < 1.29 is 9.53 Å². The second-order valence-corrected chi connectivity index (χ2v) is 5.69. The van der Waals surface area contributed by atoms with Crippen molar-refractivity contribution in [3.8, 4) is 16.9 Å². The van der Waals surface area contributed by atoms with Crippen LogP contribution >= 0.6 is 0 Å². The molecule has 0 bridgehead atoms. The molecule has 0 aliphatic carbocycles. The normalized spacial score (nSPS) is 13.1. The van der Waals surface area contributed by atoms with Gasteiger partial charge in [-0.25, -0.2) is 0 Å². The first-order chi connectivity index (χ1) is 12.3. The third-order valence-electron chi connectivity index (χ3n) is 4.02. The summed E-state index contributed by atoms with van der Waals surface area (Å²) in [7, 11) is 0. The fraction of sp³-hybridized carbons (Fsp3) is 0.100. The Balaban J connectivity index is 1.57. The Hall–Kier alpha value is -3.34. The van der Waals surface area contributed by atoms with E-state index in [4.69, 9.17) is 4.74 Å². The average Bonchev–Trinajstić information content (AvgIpc) is 2.67. The van der Waals surface area contributed by atoms with Crippen molar-refractivity contribution in [1.82, 2.24) is 9.97 Å². The molecule has 0 spiro atoms. The number of carbonyl (C=O) groups excluding carboxylic acids is 1. The highest BCUT2D eigenvalue weighted by atomic mass is 16.5. The van der Waals surface area contributed by atoms with E-state index in [1.54, 1.807) is 30.9 Å². The Labute approximate surface area is 145 Å². The molecule has 1 aliphatic rings. The van der Waals surface area contributed by atoms with Crippen LogP contribution in [0.5, 0.6) is 5.75 Å². The van der Waals surface area contributed by atoms with Crippen molar-refractivity contribution in [1.29, 1.82) is 0 Å². The molecule has 0 atom stereocenters. The smallest absolute Gasteiger partial charge is 0.170 e. The third kappa shape index (κ3) is 3.17. The van der Waals surface area contributed by atoms with E-state index in [2.05, 4.69) is 15.0 Å². The van der Waals surface area contributed by atoms with Gasteiger partial charge in [0.2, 0.25) is 0 Å². The minimum Gasteiger partial charge on any atom is -0.487 e. The molecule has 0 saturated heterocycles. The first-order valence-corrected chi connectivity index (χ1v) is 7.97. The number of pyridine rings is 2. The molecule has 5 nitrogen and oxygen atoms in total. The SMILES string of the molecule is O=C1CC(COc2ccccc2-c2ccncc2)=Nc2cnccc21. The topological polar surface area (TPSA) is 64.4 Å². The van der Waals surface area contributed by atoms with Gasteiger partial charge in [0.05, 0.1) is 24.0 Å². The fourth-order valence-corrected chi connectivity index (χ4v) is 2.81. The minimum absolute atomic E-state index is 0.0495. The largest absolute Gasteiger partial charge is 0.487 e. The minimum atomic E-state index is 0.0495. The molecule has 25 heavy (non-hydrogen) atoms. The molecular formula is C20H15N3O2. The predicted molar refractivity (Wildman–Crippen MR) is 95.4 cm³/mol. The Morgan fingerprint density at radius 3 is 2.60 bits per heavy atom. The molecule has 0 saturated carbocycles. The van der Waals surface area contributed by atoms with Gasteiger partial charge in [-0.05, 0) is 29.8 Å². The number of Topliss-reactive ketones (excluding diaryl/α,β-unsaturated/α-hetero) is 1. The van der Waals surface area contributed by atoms with Crippen molar-refractivity contribution in [3.63, 3.8) is 0 Å². The highest BCUT2D eigenvalue weighted by Crippen LogP contribution is 2.30. The lowest BCUT2D eigenvalue weighted by Crippen LogP contribution is -2.19. The number of ketones is 1. The predicted octanol–water partition coefficient (Wildman–Crippen LogP) is 3.88. The Morgan fingerprint density at radius 1 is 0.920 bits per heavy atom. The third-order valence-corrected chi connectivity index (χ3v) is 4.02. The van der Waals surface area contributed by atoms with E-state index in [0.29, 0.717) is 17.0 Å². The molecule has 4 rings (SSSR count). The summed E-state index contributed by atoms with van der Waals surface area (Å²) >= 11 is 0. The number of para-hydroxylation sites is 1. The van der Waals surface area contributed by atoms with Crippen LogP contribution in [0.4, 0.5) is 5.69 Å². The van der Waals surface area contributed by atoms with Gasteiger partial charge in [-0.1, -0.05) is 18.2 Å². The van der Waals surface area contributed by atoms with Crippen LogP contribution in [0.25, 0.3) is 11.1 Å². The van der Waals surface area contributed by atoms with Gasteiger partial charge in [-0.15, -0.1) is 0 Å². The Morgan fingerprint density at radius 2 is 1.72 bits per heavy atom. The van der Waals surface area contributed by atoms with Crippen molar-refractivity contribution >= 4 is 17.2 Å². The zero-order valence-electron chi connectivity index (χ0n) is 13.4. The van der Waals surface area contributed by atoms with Gasteiger partial charge in [-0.2, -0.15) is 0 Å². The van der Waals surface area contributed by atoms with Gasteiger partial charge in [0.1, 0.15) is 12.4 Å². The average molecular weight is 329 g/mol. The number of hydrogen-bond acceptors (Lipinski definition) is 5. The van der Waals surface area contributed by atoms with E-state index >= 15 is 0 Å². The monoisotopic (exact) mass is 329 g/mol. The number of nitrogens with zero attached hydrogens (tertiary/aromatic N) is 3. The highest BCUT2D eigenvalue weighted by molar-refractivity contribution is 6.16. The molecule has 2 aromatic heterocycles. The van der Waals surface area contributed by atoms with E-state index in [1.165, 1.54) is 0 Å². The Bertz CT molecular complexity index is 952. The van der Waals surface area contributed by atoms with Crippen LogP contribution in [-0.4, -0.2) is 28.1 Å². The summed E-state index contributed by atoms with van der Waals surface area (Å²) in [5.41, 5.74) is 3.95. The Kier molecular flexibility index (Phi) is 4.04. The fourth-order valence-electron chi connectivity index (χ4n) is 2.81. The van der Waals surface area contributed by atoms with E-state index < -0.39 is 0 Å². The van der Waals surface area contributed by atoms with Gasteiger partial charge in [0.15, 0.2) is 5.78 Å². The maximum absolute atomic E-state index is 12.2.